The van der Waals surface area contributed by atoms with E-state index in [1.807, 2.05) is 0 Å². The Labute approximate surface area is 109 Å². The van der Waals surface area contributed by atoms with Crippen LogP contribution in [0.15, 0.2) is 16.6 Å². The molecule has 1 aliphatic rings. The molecule has 17 heavy (non-hydrogen) atoms. The zero-order chi connectivity index (χ0) is 12.3. The van der Waals surface area contributed by atoms with Crippen LogP contribution in [0.3, 0.4) is 0 Å². The third-order valence-corrected chi connectivity index (χ3v) is 3.92. The molecule has 0 bridgehead atoms. The molecule has 0 unspecified atom stereocenters. The summed E-state index contributed by atoms with van der Waals surface area (Å²) in [6, 6.07) is 2.38. The van der Waals surface area contributed by atoms with Crippen LogP contribution in [0.1, 0.15) is 32.1 Å². The minimum absolute atomic E-state index is 0.165. The van der Waals surface area contributed by atoms with Crippen molar-refractivity contribution in [3.05, 3.63) is 28.2 Å². The normalized spacial score (nSPS) is 17.1. The first kappa shape index (κ1) is 12.8. The number of rotatable bonds is 3. The van der Waals surface area contributed by atoms with E-state index in [4.69, 9.17) is 0 Å². The van der Waals surface area contributed by atoms with E-state index in [2.05, 4.69) is 21.2 Å². The van der Waals surface area contributed by atoms with E-state index >= 15 is 0 Å². The monoisotopic (exact) mass is 303 g/mol. The number of nitrogens with one attached hydrogen (secondary N) is 1. The van der Waals surface area contributed by atoms with E-state index in [9.17, 15) is 8.78 Å². The lowest BCUT2D eigenvalue weighted by Crippen LogP contribution is -2.17. The molecule has 1 saturated carbocycles. The van der Waals surface area contributed by atoms with Crippen molar-refractivity contribution in [1.29, 1.82) is 0 Å². The van der Waals surface area contributed by atoms with Gasteiger partial charge in [0.25, 0.3) is 0 Å². The van der Waals surface area contributed by atoms with Gasteiger partial charge in [0.05, 0.1) is 10.2 Å². The molecule has 1 aromatic rings. The van der Waals surface area contributed by atoms with Crippen LogP contribution in [0.2, 0.25) is 0 Å². The molecule has 1 fully saturated rings. The summed E-state index contributed by atoms with van der Waals surface area (Å²) in [4.78, 5) is 0. The number of hydrogen-bond donors (Lipinski definition) is 1. The van der Waals surface area contributed by atoms with Gasteiger partial charge in [-0.1, -0.05) is 19.3 Å². The Morgan fingerprint density at radius 2 is 1.82 bits per heavy atom. The molecule has 1 nitrogen and oxygen atoms in total. The predicted octanol–water partition coefficient (Wildman–Crippen LogP) is 4.72. The Morgan fingerprint density at radius 1 is 1.12 bits per heavy atom. The summed E-state index contributed by atoms with van der Waals surface area (Å²) in [5.74, 6) is -0.249. The fourth-order valence-electron chi connectivity index (χ4n) is 2.30. The second-order valence-corrected chi connectivity index (χ2v) is 5.49. The van der Waals surface area contributed by atoms with Gasteiger partial charge in [0.15, 0.2) is 0 Å². The van der Waals surface area contributed by atoms with E-state index in [-0.39, 0.29) is 10.2 Å². The maximum absolute atomic E-state index is 13.5. The Bertz CT molecular complexity index is 389. The smallest absolute Gasteiger partial charge is 0.147 e. The standard InChI is InChI=1S/C13H16BrF2N/c14-10-6-12(16)13(7-11(10)15)17-8-9-4-2-1-3-5-9/h6-7,9,17H,1-5,8H2. The van der Waals surface area contributed by atoms with Crippen molar-refractivity contribution in [3.63, 3.8) is 0 Å². The van der Waals surface area contributed by atoms with Gasteiger partial charge >= 0.3 is 0 Å². The SMILES string of the molecule is Fc1cc(NCC2CCCCC2)c(F)cc1Br. The molecular weight excluding hydrogens is 288 g/mol. The average Bonchev–Trinajstić information content (AvgIpc) is 2.33. The summed E-state index contributed by atoms with van der Waals surface area (Å²) in [6.07, 6.45) is 6.19. The average molecular weight is 304 g/mol. The first-order valence-electron chi connectivity index (χ1n) is 6.05. The number of anilines is 1. The first-order valence-corrected chi connectivity index (χ1v) is 6.84. The summed E-state index contributed by atoms with van der Waals surface area (Å²) in [6.45, 7) is 0.734. The van der Waals surface area contributed by atoms with Gasteiger partial charge in [0.1, 0.15) is 11.6 Å². The predicted molar refractivity (Wildman–Crippen MR) is 69.1 cm³/mol. The lowest BCUT2D eigenvalue weighted by Gasteiger charge is -2.22. The lowest BCUT2D eigenvalue weighted by molar-refractivity contribution is 0.373. The van der Waals surface area contributed by atoms with E-state index in [1.165, 1.54) is 44.2 Å². The lowest BCUT2D eigenvalue weighted by atomic mass is 9.89. The molecule has 1 aromatic carbocycles. The number of halogens is 3. The van der Waals surface area contributed by atoms with Gasteiger partial charge in [0, 0.05) is 12.6 Å². The molecule has 0 spiro atoms. The second-order valence-electron chi connectivity index (χ2n) is 4.63. The van der Waals surface area contributed by atoms with Crippen molar-refractivity contribution in [3.8, 4) is 0 Å². The summed E-state index contributed by atoms with van der Waals surface area (Å²) in [5.41, 5.74) is 0.260. The Kier molecular flexibility index (Phi) is 4.37. The fraction of sp³-hybridized carbons (Fsp3) is 0.538. The van der Waals surface area contributed by atoms with Gasteiger partial charge in [-0.05, 0) is 40.8 Å². The van der Waals surface area contributed by atoms with Gasteiger partial charge < -0.3 is 5.32 Å². The highest BCUT2D eigenvalue weighted by Gasteiger charge is 2.14. The number of hydrogen-bond acceptors (Lipinski definition) is 1. The number of benzene rings is 1. The van der Waals surface area contributed by atoms with Gasteiger partial charge in [-0.15, -0.1) is 0 Å². The van der Waals surface area contributed by atoms with Gasteiger partial charge in [-0.3, -0.25) is 0 Å². The largest absolute Gasteiger partial charge is 0.382 e. The van der Waals surface area contributed by atoms with Crippen LogP contribution in [-0.4, -0.2) is 6.54 Å². The molecule has 4 heteroatoms. The Hall–Kier alpha value is -0.640. The van der Waals surface area contributed by atoms with Crippen LogP contribution in [0.5, 0.6) is 0 Å². The first-order chi connectivity index (χ1) is 8.16. The van der Waals surface area contributed by atoms with Gasteiger partial charge in [-0.2, -0.15) is 0 Å². The minimum Gasteiger partial charge on any atom is -0.382 e. The summed E-state index contributed by atoms with van der Waals surface area (Å²) < 4.78 is 27.0. The molecule has 0 radical (unpaired) electrons. The van der Waals surface area contributed by atoms with Crippen molar-refractivity contribution in [1.82, 2.24) is 0 Å². The molecule has 1 N–H and O–H groups in total. The van der Waals surface area contributed by atoms with Crippen LogP contribution in [0, 0.1) is 17.6 Å². The van der Waals surface area contributed by atoms with Crippen LogP contribution in [0.4, 0.5) is 14.5 Å². The van der Waals surface area contributed by atoms with Crippen molar-refractivity contribution < 1.29 is 8.78 Å². The van der Waals surface area contributed by atoms with Crippen molar-refractivity contribution >= 4 is 21.6 Å². The maximum atomic E-state index is 13.5. The third kappa shape index (κ3) is 3.41. The molecule has 94 valence electrons. The third-order valence-electron chi connectivity index (χ3n) is 3.32. The fourth-order valence-corrected chi connectivity index (χ4v) is 2.62. The maximum Gasteiger partial charge on any atom is 0.147 e. The second kappa shape index (κ2) is 5.80. The molecule has 1 aliphatic carbocycles. The molecule has 2 rings (SSSR count). The molecular formula is C13H16BrF2N. The van der Waals surface area contributed by atoms with E-state index in [0.717, 1.165) is 6.54 Å². The molecule has 0 saturated heterocycles. The van der Waals surface area contributed by atoms with Crippen molar-refractivity contribution in [2.24, 2.45) is 5.92 Å². The highest BCUT2D eigenvalue weighted by Crippen LogP contribution is 2.26. The quantitative estimate of drug-likeness (QED) is 0.797. The summed E-state index contributed by atoms with van der Waals surface area (Å²) in [5, 5.41) is 3.01. The summed E-state index contributed by atoms with van der Waals surface area (Å²) >= 11 is 2.97. The highest BCUT2D eigenvalue weighted by molar-refractivity contribution is 9.10. The van der Waals surface area contributed by atoms with Crippen molar-refractivity contribution in [2.45, 2.75) is 32.1 Å². The van der Waals surface area contributed by atoms with Gasteiger partial charge in [0.2, 0.25) is 0 Å². The van der Waals surface area contributed by atoms with E-state index < -0.39 is 11.6 Å². The minimum atomic E-state index is -0.433. The van der Waals surface area contributed by atoms with E-state index in [1.54, 1.807) is 0 Å². The molecule has 0 atom stereocenters. The molecule has 0 heterocycles. The Morgan fingerprint density at radius 3 is 2.53 bits per heavy atom. The van der Waals surface area contributed by atoms with Crippen LogP contribution >= 0.6 is 15.9 Å². The summed E-state index contributed by atoms with van der Waals surface area (Å²) in [7, 11) is 0. The van der Waals surface area contributed by atoms with Gasteiger partial charge in [-0.25, -0.2) is 8.78 Å². The molecule has 0 aromatic heterocycles. The topological polar surface area (TPSA) is 12.0 Å². The zero-order valence-electron chi connectivity index (χ0n) is 9.61. The molecule has 0 aliphatic heterocycles. The van der Waals surface area contributed by atoms with Crippen LogP contribution < -0.4 is 5.32 Å². The van der Waals surface area contributed by atoms with Crippen LogP contribution in [0.25, 0.3) is 0 Å². The Balaban J connectivity index is 1.96. The van der Waals surface area contributed by atoms with Crippen molar-refractivity contribution in [2.75, 3.05) is 11.9 Å². The zero-order valence-corrected chi connectivity index (χ0v) is 11.2. The molecule has 0 amide bonds. The van der Waals surface area contributed by atoms with E-state index in [0.29, 0.717) is 5.92 Å². The highest BCUT2D eigenvalue weighted by atomic mass is 79.9. The van der Waals surface area contributed by atoms with Crippen LogP contribution in [-0.2, 0) is 0 Å².